The fourth-order valence-electron chi connectivity index (χ4n) is 1.99. The van der Waals surface area contributed by atoms with E-state index in [4.69, 9.17) is 15.7 Å². The summed E-state index contributed by atoms with van der Waals surface area (Å²) in [6.45, 7) is 6.32. The Balaban J connectivity index is 2.03. The van der Waals surface area contributed by atoms with Crippen molar-refractivity contribution >= 4 is 17.4 Å². The molecule has 1 atom stereocenters. The number of aromatic nitrogens is 2. The second kappa shape index (κ2) is 7.62. The summed E-state index contributed by atoms with van der Waals surface area (Å²) in [6.07, 6.45) is 0.894. The molecular weight excluding hydrogens is 306 g/mol. The quantitative estimate of drug-likeness (QED) is 0.847. The molecule has 0 aliphatic heterocycles. The molecule has 2 rings (SSSR count). The maximum atomic E-state index is 12.1. The zero-order valence-corrected chi connectivity index (χ0v) is 14.0. The van der Waals surface area contributed by atoms with E-state index in [1.54, 1.807) is 31.2 Å². The number of nitrogen functional groups attached to an aromatic ring is 1. The number of benzene rings is 1. The molecule has 7 heteroatoms. The minimum absolute atomic E-state index is 0.200. The van der Waals surface area contributed by atoms with E-state index >= 15 is 0 Å². The normalized spacial score (nSPS) is 12.0. The highest BCUT2D eigenvalue weighted by Gasteiger charge is 2.14. The van der Waals surface area contributed by atoms with E-state index in [9.17, 15) is 4.79 Å². The molecule has 1 amide bonds. The molecule has 0 bridgehead atoms. The van der Waals surface area contributed by atoms with Crippen molar-refractivity contribution in [2.75, 3.05) is 17.7 Å². The highest BCUT2D eigenvalue weighted by atomic mass is 16.5. The number of rotatable bonds is 6. The number of ether oxygens (including phenoxy) is 1. The first kappa shape index (κ1) is 17.5. The number of nitrogens with zero attached hydrogens (tertiary/aromatic N) is 3. The predicted molar refractivity (Wildman–Crippen MR) is 91.6 cm³/mol. The van der Waals surface area contributed by atoms with Gasteiger partial charge in [0, 0.05) is 12.3 Å². The van der Waals surface area contributed by atoms with Crippen LogP contribution in [0, 0.1) is 17.2 Å². The number of hydrogen-bond acceptors (Lipinski definition) is 5. The summed E-state index contributed by atoms with van der Waals surface area (Å²) in [5, 5.41) is 15.8. The molecule has 1 aromatic carbocycles. The largest absolute Gasteiger partial charge is 0.382 e. The molecule has 1 heterocycles. The first-order valence-electron chi connectivity index (χ1n) is 7.69. The maximum absolute atomic E-state index is 12.1. The maximum Gasteiger partial charge on any atom is 0.253 e. The minimum Gasteiger partial charge on any atom is -0.382 e. The first-order valence-corrected chi connectivity index (χ1v) is 7.69. The lowest BCUT2D eigenvalue weighted by Crippen LogP contribution is -2.28. The number of nitrogens with one attached hydrogen (secondary N) is 1. The molecule has 0 fully saturated rings. The van der Waals surface area contributed by atoms with Gasteiger partial charge in [-0.15, -0.1) is 0 Å². The molecule has 0 saturated heterocycles. The summed E-state index contributed by atoms with van der Waals surface area (Å²) >= 11 is 0. The second-order valence-corrected chi connectivity index (χ2v) is 5.87. The van der Waals surface area contributed by atoms with E-state index < -0.39 is 6.10 Å². The van der Waals surface area contributed by atoms with Crippen molar-refractivity contribution in [2.45, 2.75) is 26.9 Å². The highest BCUT2D eigenvalue weighted by molar-refractivity contribution is 5.93. The van der Waals surface area contributed by atoms with Crippen LogP contribution in [0.4, 0.5) is 11.5 Å². The van der Waals surface area contributed by atoms with Gasteiger partial charge in [-0.3, -0.25) is 4.79 Å². The third kappa shape index (κ3) is 4.12. The van der Waals surface area contributed by atoms with Crippen LogP contribution in [0.25, 0.3) is 5.69 Å². The smallest absolute Gasteiger partial charge is 0.253 e. The zero-order chi connectivity index (χ0) is 17.7. The molecule has 2 aromatic rings. The number of nitrogens with two attached hydrogens (primary N) is 1. The first-order chi connectivity index (χ1) is 11.4. The number of carbonyl (C=O) groups is 1. The van der Waals surface area contributed by atoms with E-state index in [1.165, 1.54) is 10.9 Å². The summed E-state index contributed by atoms with van der Waals surface area (Å²) < 4.78 is 6.96. The second-order valence-electron chi connectivity index (χ2n) is 5.87. The van der Waals surface area contributed by atoms with Crippen molar-refractivity contribution in [1.29, 1.82) is 5.26 Å². The van der Waals surface area contributed by atoms with Crippen LogP contribution in [0.5, 0.6) is 0 Å². The van der Waals surface area contributed by atoms with Gasteiger partial charge in [-0.2, -0.15) is 10.4 Å². The van der Waals surface area contributed by atoms with Crippen LogP contribution in [-0.4, -0.2) is 28.4 Å². The van der Waals surface area contributed by atoms with Gasteiger partial charge in [0.05, 0.1) is 11.9 Å². The molecule has 0 aliphatic rings. The molecule has 1 aromatic heterocycles. The fraction of sp³-hybridized carbons (Fsp3) is 0.353. The van der Waals surface area contributed by atoms with Crippen molar-refractivity contribution in [3.05, 3.63) is 36.0 Å². The third-order valence-electron chi connectivity index (χ3n) is 3.36. The molecular formula is C17H21N5O2. The van der Waals surface area contributed by atoms with Gasteiger partial charge in [-0.05, 0) is 37.1 Å². The lowest BCUT2D eigenvalue weighted by molar-refractivity contribution is -0.126. The van der Waals surface area contributed by atoms with Gasteiger partial charge in [0.2, 0.25) is 0 Å². The number of hydrogen-bond donors (Lipinski definition) is 2. The van der Waals surface area contributed by atoms with E-state index in [2.05, 4.69) is 10.4 Å². The summed E-state index contributed by atoms with van der Waals surface area (Å²) in [5.41, 5.74) is 7.53. The van der Waals surface area contributed by atoms with Gasteiger partial charge >= 0.3 is 0 Å². The SMILES string of the molecule is CC(C)CO[C@H](C)C(=O)Nc1ccc(-n2ncc(C#N)c2N)cc1. The molecule has 7 nitrogen and oxygen atoms in total. The summed E-state index contributed by atoms with van der Waals surface area (Å²) in [7, 11) is 0. The number of amides is 1. The van der Waals surface area contributed by atoms with E-state index in [-0.39, 0.29) is 11.7 Å². The minimum atomic E-state index is -0.521. The van der Waals surface area contributed by atoms with Crippen LogP contribution in [0.15, 0.2) is 30.5 Å². The monoisotopic (exact) mass is 327 g/mol. The zero-order valence-electron chi connectivity index (χ0n) is 14.0. The van der Waals surface area contributed by atoms with Crippen molar-refractivity contribution in [1.82, 2.24) is 9.78 Å². The average Bonchev–Trinajstić information content (AvgIpc) is 2.94. The Labute approximate surface area is 141 Å². The van der Waals surface area contributed by atoms with Gasteiger partial charge in [0.1, 0.15) is 23.6 Å². The van der Waals surface area contributed by atoms with Crippen LogP contribution < -0.4 is 11.1 Å². The summed E-state index contributed by atoms with van der Waals surface area (Å²) in [4.78, 5) is 12.1. The topological polar surface area (TPSA) is 106 Å². The molecule has 24 heavy (non-hydrogen) atoms. The van der Waals surface area contributed by atoms with Crippen molar-refractivity contribution < 1.29 is 9.53 Å². The average molecular weight is 327 g/mol. The lowest BCUT2D eigenvalue weighted by atomic mass is 10.2. The molecule has 0 aliphatic carbocycles. The Morgan fingerprint density at radius 1 is 1.38 bits per heavy atom. The molecule has 0 spiro atoms. The molecule has 0 saturated carbocycles. The number of anilines is 2. The van der Waals surface area contributed by atoms with Crippen LogP contribution >= 0.6 is 0 Å². The Hall–Kier alpha value is -2.85. The van der Waals surface area contributed by atoms with Crippen LogP contribution in [0.1, 0.15) is 26.3 Å². The molecule has 3 N–H and O–H groups in total. The van der Waals surface area contributed by atoms with E-state index in [0.717, 1.165) is 0 Å². The van der Waals surface area contributed by atoms with Gasteiger partial charge in [0.25, 0.3) is 5.91 Å². The predicted octanol–water partition coefficient (Wildman–Crippen LogP) is 2.33. The van der Waals surface area contributed by atoms with Crippen molar-refractivity contribution in [2.24, 2.45) is 5.92 Å². The van der Waals surface area contributed by atoms with Gasteiger partial charge in [0.15, 0.2) is 0 Å². The van der Waals surface area contributed by atoms with Crippen LogP contribution in [0.2, 0.25) is 0 Å². The standard InChI is InChI=1S/C17H21N5O2/c1-11(2)10-24-12(3)17(23)21-14-4-6-15(7-5-14)22-16(19)13(8-18)9-20-22/h4-7,9,11-12H,10,19H2,1-3H3,(H,21,23)/t12-/m1/s1. The molecule has 126 valence electrons. The van der Waals surface area contributed by atoms with Crippen LogP contribution in [-0.2, 0) is 9.53 Å². The fourth-order valence-corrected chi connectivity index (χ4v) is 1.99. The molecule has 0 radical (unpaired) electrons. The summed E-state index contributed by atoms with van der Waals surface area (Å²) in [6, 6.07) is 8.99. The van der Waals surface area contributed by atoms with Gasteiger partial charge < -0.3 is 15.8 Å². The van der Waals surface area contributed by atoms with E-state index in [1.807, 2.05) is 19.9 Å². The number of nitriles is 1. The van der Waals surface area contributed by atoms with Crippen LogP contribution in [0.3, 0.4) is 0 Å². The lowest BCUT2D eigenvalue weighted by Gasteiger charge is -2.15. The van der Waals surface area contributed by atoms with Gasteiger partial charge in [-0.1, -0.05) is 13.8 Å². The number of carbonyl (C=O) groups excluding carboxylic acids is 1. The Morgan fingerprint density at radius 3 is 2.58 bits per heavy atom. The van der Waals surface area contributed by atoms with E-state index in [0.29, 0.717) is 29.5 Å². The molecule has 0 unspecified atom stereocenters. The Kier molecular flexibility index (Phi) is 5.55. The van der Waals surface area contributed by atoms with Crippen molar-refractivity contribution in [3.8, 4) is 11.8 Å². The Bertz CT molecular complexity index is 743. The van der Waals surface area contributed by atoms with Gasteiger partial charge in [-0.25, -0.2) is 4.68 Å². The third-order valence-corrected chi connectivity index (χ3v) is 3.36. The van der Waals surface area contributed by atoms with Crippen molar-refractivity contribution in [3.63, 3.8) is 0 Å². The highest BCUT2D eigenvalue weighted by Crippen LogP contribution is 2.18. The Morgan fingerprint density at radius 2 is 2.04 bits per heavy atom. The summed E-state index contributed by atoms with van der Waals surface area (Å²) in [5.74, 6) is 0.455.